The van der Waals surface area contributed by atoms with Crippen molar-refractivity contribution in [1.82, 2.24) is 5.32 Å². The molecule has 7 atom stereocenters. The lowest BCUT2D eigenvalue weighted by Gasteiger charge is -2.42. The second kappa shape index (κ2) is 13.3. The molecule has 33 heavy (non-hydrogen) atoms. The lowest BCUT2D eigenvalue weighted by Crippen LogP contribution is -2.64. The van der Waals surface area contributed by atoms with Crippen LogP contribution in [-0.4, -0.2) is 92.4 Å². The van der Waals surface area contributed by atoms with Crippen LogP contribution in [0.4, 0.5) is 0 Å². The van der Waals surface area contributed by atoms with Crippen molar-refractivity contribution in [3.8, 4) is 0 Å². The molecule has 0 radical (unpaired) electrons. The van der Waals surface area contributed by atoms with Gasteiger partial charge in [0.1, 0.15) is 30.3 Å². The quantitative estimate of drug-likeness (QED) is 0.180. The molecule has 194 valence electrons. The highest BCUT2D eigenvalue weighted by Crippen LogP contribution is 2.42. The van der Waals surface area contributed by atoms with Gasteiger partial charge in [0, 0.05) is 13.3 Å². The van der Waals surface area contributed by atoms with Gasteiger partial charge in [-0.3, -0.25) is 14.2 Å². The van der Waals surface area contributed by atoms with Crippen LogP contribution in [0.5, 0.6) is 0 Å². The number of ether oxygens (including phenoxy) is 1. The summed E-state index contributed by atoms with van der Waals surface area (Å²) in [4.78, 5) is 33.9. The average molecular weight is 498 g/mol. The Bertz CT molecular complexity index is 682. The number of rotatable bonds is 14. The number of aliphatic hydroxyl groups excluding tert-OH is 3. The van der Waals surface area contributed by atoms with Crippen LogP contribution in [0.3, 0.4) is 0 Å². The Hall–Kier alpha value is -0.910. The summed E-state index contributed by atoms with van der Waals surface area (Å²) in [7, 11) is -4.22. The van der Waals surface area contributed by atoms with Crippen LogP contribution >= 0.6 is 7.60 Å². The van der Waals surface area contributed by atoms with Gasteiger partial charge < -0.3 is 39.9 Å². The van der Waals surface area contributed by atoms with Crippen molar-refractivity contribution >= 4 is 19.3 Å². The first-order valence-corrected chi connectivity index (χ1v) is 13.0. The first-order valence-electron chi connectivity index (χ1n) is 11.2. The van der Waals surface area contributed by atoms with Crippen molar-refractivity contribution in [3.05, 3.63) is 0 Å². The molecule has 6 N–H and O–H groups in total. The third-order valence-electron chi connectivity index (χ3n) is 5.59. The second-order valence-corrected chi connectivity index (χ2v) is 11.4. The molecule has 1 fully saturated rings. The fourth-order valence-electron chi connectivity index (χ4n) is 3.76. The van der Waals surface area contributed by atoms with Gasteiger partial charge in [-0.2, -0.15) is 0 Å². The Labute approximate surface area is 195 Å². The average Bonchev–Trinajstić information content (AvgIpc) is 2.65. The van der Waals surface area contributed by atoms with E-state index in [1.807, 2.05) is 6.92 Å². The zero-order valence-electron chi connectivity index (χ0n) is 19.8. The number of Topliss-reactive ketones (excluding diaryl/α,β-unsaturated/α-hetero) is 1. The van der Waals surface area contributed by atoms with Gasteiger partial charge in [0.25, 0.3) is 0 Å². The van der Waals surface area contributed by atoms with Gasteiger partial charge in [-0.25, -0.2) is 0 Å². The van der Waals surface area contributed by atoms with Crippen LogP contribution in [0.15, 0.2) is 0 Å². The summed E-state index contributed by atoms with van der Waals surface area (Å²) in [5.74, 6) is -0.997. The molecule has 0 spiro atoms. The minimum absolute atomic E-state index is 0.00329. The summed E-state index contributed by atoms with van der Waals surface area (Å²) in [6.07, 6.45) is -3.63. The molecule has 0 bridgehead atoms. The van der Waals surface area contributed by atoms with Crippen molar-refractivity contribution in [2.75, 3.05) is 19.4 Å². The molecular weight excluding hydrogens is 457 g/mol. The molecular formula is C21H40NO10P. The number of nitrogens with one attached hydrogen (secondary N) is 1. The largest absolute Gasteiger partial charge is 0.394 e. The molecule has 1 unspecified atom stereocenters. The van der Waals surface area contributed by atoms with E-state index in [0.29, 0.717) is 12.8 Å². The molecule has 1 amide bonds. The second-order valence-electron chi connectivity index (χ2n) is 9.57. The zero-order valence-corrected chi connectivity index (χ0v) is 20.7. The van der Waals surface area contributed by atoms with Crippen molar-refractivity contribution < 1.29 is 48.7 Å². The molecule has 0 saturated carbocycles. The van der Waals surface area contributed by atoms with Gasteiger partial charge in [-0.15, -0.1) is 0 Å². The van der Waals surface area contributed by atoms with E-state index in [-0.39, 0.29) is 12.5 Å². The Balaban J connectivity index is 2.56. The number of hydrogen-bond donors (Lipinski definition) is 6. The Kier molecular flexibility index (Phi) is 12.1. The Morgan fingerprint density at radius 1 is 1.18 bits per heavy atom. The number of carbonyl (C=O) groups is 2. The van der Waals surface area contributed by atoms with Crippen molar-refractivity contribution in [3.63, 3.8) is 0 Å². The minimum Gasteiger partial charge on any atom is -0.394 e. The number of carbonyl (C=O) groups excluding carboxylic acids is 2. The van der Waals surface area contributed by atoms with Crippen LogP contribution in [-0.2, 0) is 23.4 Å². The number of ketones is 1. The maximum Gasteiger partial charge on any atom is 0.335 e. The van der Waals surface area contributed by atoms with Crippen molar-refractivity contribution in [1.29, 1.82) is 0 Å². The van der Waals surface area contributed by atoms with E-state index in [2.05, 4.69) is 5.32 Å². The van der Waals surface area contributed by atoms with E-state index in [1.54, 1.807) is 13.8 Å². The summed E-state index contributed by atoms with van der Waals surface area (Å²) >= 11 is 0. The predicted molar refractivity (Wildman–Crippen MR) is 120 cm³/mol. The van der Waals surface area contributed by atoms with Crippen LogP contribution in [0.2, 0.25) is 0 Å². The summed E-state index contributed by atoms with van der Waals surface area (Å²) in [5, 5.41) is 41.8. The molecule has 12 heteroatoms. The fraction of sp³-hybridized carbons (Fsp3) is 0.905. The molecule has 11 nitrogen and oxygen atoms in total. The predicted octanol–water partition coefficient (Wildman–Crippen LogP) is 0.101. The minimum atomic E-state index is -4.22. The van der Waals surface area contributed by atoms with E-state index < -0.39 is 74.5 Å². The first-order chi connectivity index (χ1) is 15.1. The highest BCUT2D eigenvalue weighted by atomic mass is 31.2. The monoisotopic (exact) mass is 497 g/mol. The van der Waals surface area contributed by atoms with Gasteiger partial charge in [0.2, 0.25) is 5.91 Å². The molecule has 1 rings (SSSR count). The van der Waals surface area contributed by atoms with Crippen molar-refractivity contribution in [2.24, 2.45) is 5.92 Å². The molecule has 1 heterocycles. The summed E-state index contributed by atoms with van der Waals surface area (Å²) in [6, 6.07) is -1.13. The van der Waals surface area contributed by atoms with Crippen LogP contribution < -0.4 is 5.32 Å². The van der Waals surface area contributed by atoms with Crippen LogP contribution in [0.25, 0.3) is 0 Å². The Morgan fingerprint density at radius 3 is 2.36 bits per heavy atom. The smallest absolute Gasteiger partial charge is 0.335 e. The number of aliphatic hydroxyl groups is 4. The zero-order chi connectivity index (χ0) is 25.4. The lowest BCUT2D eigenvalue weighted by molar-refractivity contribution is -0.196. The first kappa shape index (κ1) is 30.1. The summed E-state index contributed by atoms with van der Waals surface area (Å²) < 4.78 is 22.9. The maximum absolute atomic E-state index is 12.4. The highest BCUT2D eigenvalue weighted by molar-refractivity contribution is 7.53. The lowest BCUT2D eigenvalue weighted by atomic mass is 9.90. The molecule has 0 aromatic heterocycles. The summed E-state index contributed by atoms with van der Waals surface area (Å²) in [6.45, 7) is 6.02. The molecule has 0 aromatic carbocycles. The van der Waals surface area contributed by atoms with Gasteiger partial charge in [0.05, 0.1) is 31.0 Å². The third kappa shape index (κ3) is 11.4. The van der Waals surface area contributed by atoms with E-state index in [4.69, 9.17) is 9.26 Å². The van der Waals surface area contributed by atoms with Crippen LogP contribution in [0.1, 0.15) is 59.8 Å². The third-order valence-corrected chi connectivity index (χ3v) is 6.93. The fourth-order valence-corrected chi connectivity index (χ4v) is 4.82. The normalized spacial score (nSPS) is 28.7. The Morgan fingerprint density at radius 2 is 1.82 bits per heavy atom. The van der Waals surface area contributed by atoms with Gasteiger partial charge in [-0.05, 0) is 32.6 Å². The highest BCUT2D eigenvalue weighted by Gasteiger charge is 2.45. The topological polar surface area (TPSA) is 183 Å². The maximum atomic E-state index is 12.4. The van der Waals surface area contributed by atoms with E-state index in [9.17, 15) is 39.5 Å². The SMILES string of the molecule is CC(=O)N[C@@H]1[C@@H](O)[C@H](O)[C@@H](CO)O[C@@H]1CC(=O)CP(=O)(O)OCC[C@H](C)CCCC(C)(C)O. The number of hydrogen-bond acceptors (Lipinski definition) is 9. The van der Waals surface area contributed by atoms with Gasteiger partial charge in [0.15, 0.2) is 0 Å². The van der Waals surface area contributed by atoms with Crippen LogP contribution in [0, 0.1) is 5.92 Å². The van der Waals surface area contributed by atoms with Gasteiger partial charge in [-0.1, -0.05) is 19.8 Å². The number of amides is 1. The summed E-state index contributed by atoms with van der Waals surface area (Å²) in [5.41, 5.74) is -0.732. The molecule has 1 aliphatic rings. The molecule has 0 aliphatic carbocycles. The molecule has 0 aromatic rings. The standard InChI is InChI=1S/C21H40NO10P/c1-13(6-5-8-21(3,4)28)7-9-31-33(29,30)12-15(25)10-16-18(22-14(2)24)20(27)19(26)17(11-23)32-16/h13,16-20,23,26-28H,5-12H2,1-4H3,(H,22,24)(H,29,30)/t13-,16-,17-,18+,19-,20-/m1/s1. The molecule has 1 aliphatic heterocycles. The van der Waals surface area contributed by atoms with Gasteiger partial charge >= 0.3 is 7.60 Å². The van der Waals surface area contributed by atoms with E-state index >= 15 is 0 Å². The van der Waals surface area contributed by atoms with E-state index in [1.165, 1.54) is 6.92 Å². The van der Waals surface area contributed by atoms with E-state index in [0.717, 1.165) is 12.8 Å². The molecule has 1 saturated heterocycles. The van der Waals surface area contributed by atoms with Crippen molar-refractivity contribution in [2.45, 2.75) is 95.9 Å².